The lowest BCUT2D eigenvalue weighted by atomic mass is 9.84. The molecule has 0 unspecified atom stereocenters. The molecular weight excluding hydrogens is 316 g/mol. The lowest BCUT2D eigenvalue weighted by Crippen LogP contribution is -2.51. The van der Waals surface area contributed by atoms with E-state index in [0.29, 0.717) is 19.5 Å². The number of amides is 2. The third kappa shape index (κ3) is 4.47. The summed E-state index contributed by atoms with van der Waals surface area (Å²) in [5, 5.41) is 0. The van der Waals surface area contributed by atoms with Crippen LogP contribution in [0.3, 0.4) is 0 Å². The molecule has 0 radical (unpaired) electrons. The molecule has 136 valence electrons. The lowest BCUT2D eigenvalue weighted by molar-refractivity contribution is -0.152. The molecule has 1 aromatic rings. The number of benzene rings is 1. The van der Waals surface area contributed by atoms with E-state index < -0.39 is 11.3 Å². The molecule has 0 aliphatic carbocycles. The maximum atomic E-state index is 12.7. The minimum atomic E-state index is -0.666. The minimum absolute atomic E-state index is 0.315. The van der Waals surface area contributed by atoms with Crippen LogP contribution in [-0.4, -0.2) is 47.2 Å². The molecule has 25 heavy (non-hydrogen) atoms. The third-order valence-corrected chi connectivity index (χ3v) is 5.19. The van der Waals surface area contributed by atoms with Gasteiger partial charge in [-0.1, -0.05) is 51.1 Å². The zero-order valence-electron chi connectivity index (χ0n) is 15.4. The zero-order valence-corrected chi connectivity index (χ0v) is 15.4. The highest BCUT2D eigenvalue weighted by Gasteiger charge is 2.40. The summed E-state index contributed by atoms with van der Waals surface area (Å²) in [4.78, 5) is 40.1. The van der Waals surface area contributed by atoms with Crippen molar-refractivity contribution in [3.8, 4) is 0 Å². The molecule has 0 N–H and O–H groups in total. The maximum Gasteiger partial charge on any atom is 0.292 e. The van der Waals surface area contributed by atoms with Crippen molar-refractivity contribution in [2.45, 2.75) is 52.6 Å². The van der Waals surface area contributed by atoms with Crippen LogP contribution in [0.1, 0.15) is 45.6 Å². The van der Waals surface area contributed by atoms with Crippen molar-refractivity contribution in [3.63, 3.8) is 0 Å². The van der Waals surface area contributed by atoms with Crippen LogP contribution in [0.4, 0.5) is 0 Å². The standard InChI is InChI=1S/C20H28N2O3/c1-4-20(2,3)18(24)19(25)22-13-8-11-17(22)21(15-23)14-12-16-9-6-5-7-10-16/h5-7,9-10,15,17H,4,8,11-14H2,1-3H3/t17-/m0/s1. The summed E-state index contributed by atoms with van der Waals surface area (Å²) >= 11 is 0. The van der Waals surface area contributed by atoms with Gasteiger partial charge in [-0.05, 0) is 31.2 Å². The van der Waals surface area contributed by atoms with Crippen molar-refractivity contribution in [2.75, 3.05) is 13.1 Å². The van der Waals surface area contributed by atoms with E-state index >= 15 is 0 Å². The summed E-state index contributed by atoms with van der Waals surface area (Å²) in [7, 11) is 0. The van der Waals surface area contributed by atoms with Gasteiger partial charge in [0.05, 0.1) is 0 Å². The van der Waals surface area contributed by atoms with Crippen LogP contribution in [-0.2, 0) is 20.8 Å². The van der Waals surface area contributed by atoms with E-state index in [9.17, 15) is 14.4 Å². The predicted octanol–water partition coefficient (Wildman–Crippen LogP) is 2.64. The topological polar surface area (TPSA) is 57.7 Å². The first-order chi connectivity index (χ1) is 11.9. The Labute approximate surface area is 150 Å². The van der Waals surface area contributed by atoms with E-state index in [4.69, 9.17) is 0 Å². The molecular formula is C20H28N2O3. The molecule has 1 aliphatic heterocycles. The van der Waals surface area contributed by atoms with Gasteiger partial charge in [0.15, 0.2) is 0 Å². The van der Waals surface area contributed by atoms with Gasteiger partial charge < -0.3 is 9.80 Å². The minimum Gasteiger partial charge on any atom is -0.324 e. The van der Waals surface area contributed by atoms with Crippen molar-refractivity contribution >= 4 is 18.1 Å². The highest BCUT2D eigenvalue weighted by atomic mass is 16.2. The summed E-state index contributed by atoms with van der Waals surface area (Å²) in [5.41, 5.74) is 0.480. The first-order valence-corrected chi connectivity index (χ1v) is 9.01. The van der Waals surface area contributed by atoms with Crippen molar-refractivity contribution in [1.82, 2.24) is 9.80 Å². The van der Waals surface area contributed by atoms with E-state index in [0.717, 1.165) is 31.2 Å². The van der Waals surface area contributed by atoms with Crippen molar-refractivity contribution in [3.05, 3.63) is 35.9 Å². The fourth-order valence-electron chi connectivity index (χ4n) is 3.09. The monoisotopic (exact) mass is 344 g/mol. The smallest absolute Gasteiger partial charge is 0.292 e. The fourth-order valence-corrected chi connectivity index (χ4v) is 3.09. The molecule has 0 spiro atoms. The molecule has 1 aliphatic rings. The van der Waals surface area contributed by atoms with Crippen LogP contribution in [0.15, 0.2) is 30.3 Å². The van der Waals surface area contributed by atoms with E-state index in [-0.39, 0.29) is 11.9 Å². The number of ketones is 1. The number of hydrogen-bond acceptors (Lipinski definition) is 3. The van der Waals surface area contributed by atoms with Crippen LogP contribution < -0.4 is 0 Å². The second-order valence-corrected chi connectivity index (χ2v) is 7.27. The lowest BCUT2D eigenvalue weighted by Gasteiger charge is -2.34. The summed E-state index contributed by atoms with van der Waals surface area (Å²) in [5.74, 6) is -0.822. The van der Waals surface area contributed by atoms with Crippen molar-refractivity contribution in [1.29, 1.82) is 0 Å². The summed E-state index contributed by atoms with van der Waals surface area (Å²) < 4.78 is 0. The number of likely N-dealkylation sites (tertiary alicyclic amines) is 1. The predicted molar refractivity (Wildman–Crippen MR) is 96.7 cm³/mol. The van der Waals surface area contributed by atoms with Crippen LogP contribution >= 0.6 is 0 Å². The second-order valence-electron chi connectivity index (χ2n) is 7.27. The van der Waals surface area contributed by atoms with Crippen LogP contribution in [0.25, 0.3) is 0 Å². The molecule has 0 saturated carbocycles. The van der Waals surface area contributed by atoms with Crippen molar-refractivity contribution in [2.24, 2.45) is 5.41 Å². The summed E-state index contributed by atoms with van der Waals surface area (Å²) in [6.45, 7) is 6.57. The molecule has 0 aromatic heterocycles. The second kappa shape index (κ2) is 8.28. The number of Topliss-reactive ketones (excluding diaryl/α,β-unsaturated/α-hetero) is 1. The third-order valence-electron chi connectivity index (χ3n) is 5.19. The molecule has 1 heterocycles. The molecule has 2 rings (SSSR count). The normalized spacial score (nSPS) is 17.4. The SMILES string of the molecule is CCC(C)(C)C(=O)C(=O)N1CCC[C@H]1N(C=O)CCc1ccccc1. The van der Waals surface area contributed by atoms with Gasteiger partial charge in [-0.15, -0.1) is 0 Å². The first-order valence-electron chi connectivity index (χ1n) is 9.01. The molecule has 1 fully saturated rings. The highest BCUT2D eigenvalue weighted by Crippen LogP contribution is 2.26. The summed E-state index contributed by atoms with van der Waals surface area (Å²) in [6.07, 6.45) is 3.36. The molecule has 2 amide bonds. The highest BCUT2D eigenvalue weighted by molar-refractivity contribution is 6.38. The summed E-state index contributed by atoms with van der Waals surface area (Å²) in [6, 6.07) is 9.94. The average molecular weight is 344 g/mol. The molecule has 1 aromatic carbocycles. The quantitative estimate of drug-likeness (QED) is 0.538. The Morgan fingerprint density at radius 1 is 1.28 bits per heavy atom. The van der Waals surface area contributed by atoms with E-state index in [1.54, 1.807) is 23.6 Å². The van der Waals surface area contributed by atoms with Crippen LogP contribution in [0, 0.1) is 5.41 Å². The Morgan fingerprint density at radius 2 is 1.96 bits per heavy atom. The van der Waals surface area contributed by atoms with Gasteiger partial charge in [0.2, 0.25) is 12.2 Å². The average Bonchev–Trinajstić information content (AvgIpc) is 3.11. The number of carbonyl (C=O) groups is 3. The van der Waals surface area contributed by atoms with E-state index in [2.05, 4.69) is 0 Å². The Kier molecular flexibility index (Phi) is 6.34. The molecule has 0 bridgehead atoms. The molecule has 5 nitrogen and oxygen atoms in total. The van der Waals surface area contributed by atoms with Gasteiger partial charge in [-0.3, -0.25) is 14.4 Å². The number of nitrogens with zero attached hydrogens (tertiary/aromatic N) is 2. The fraction of sp³-hybridized carbons (Fsp3) is 0.550. The Morgan fingerprint density at radius 3 is 2.56 bits per heavy atom. The van der Waals surface area contributed by atoms with Gasteiger partial charge in [-0.25, -0.2) is 0 Å². The Balaban J connectivity index is 2.06. The first kappa shape index (κ1) is 19.2. The Bertz CT molecular complexity index is 613. The molecule has 1 saturated heterocycles. The van der Waals surface area contributed by atoms with E-state index in [1.807, 2.05) is 37.3 Å². The van der Waals surface area contributed by atoms with Crippen molar-refractivity contribution < 1.29 is 14.4 Å². The number of rotatable bonds is 8. The number of hydrogen-bond donors (Lipinski definition) is 0. The Hall–Kier alpha value is -2.17. The molecule has 5 heteroatoms. The zero-order chi connectivity index (χ0) is 18.4. The largest absolute Gasteiger partial charge is 0.324 e. The van der Waals surface area contributed by atoms with Gasteiger partial charge in [-0.2, -0.15) is 0 Å². The van der Waals surface area contributed by atoms with Gasteiger partial charge in [0.1, 0.15) is 6.17 Å². The van der Waals surface area contributed by atoms with E-state index in [1.165, 1.54) is 0 Å². The van der Waals surface area contributed by atoms with Gasteiger partial charge >= 0.3 is 0 Å². The van der Waals surface area contributed by atoms with Gasteiger partial charge in [0, 0.05) is 18.5 Å². The van der Waals surface area contributed by atoms with Crippen LogP contribution in [0.2, 0.25) is 0 Å². The van der Waals surface area contributed by atoms with Gasteiger partial charge in [0.25, 0.3) is 5.91 Å². The molecule has 1 atom stereocenters. The maximum absolute atomic E-state index is 12.7. The number of carbonyl (C=O) groups excluding carboxylic acids is 3. The van der Waals surface area contributed by atoms with Crippen LogP contribution in [0.5, 0.6) is 0 Å².